The van der Waals surface area contributed by atoms with E-state index in [4.69, 9.17) is 0 Å². The lowest BCUT2D eigenvalue weighted by molar-refractivity contribution is -0.121. The minimum Gasteiger partial charge on any atom is -0.325 e. The fourth-order valence-corrected chi connectivity index (χ4v) is 3.77. The number of carbonyl (C=O) groups excluding carboxylic acids is 1. The van der Waals surface area contributed by atoms with Crippen LogP contribution in [0.5, 0.6) is 0 Å². The van der Waals surface area contributed by atoms with Gasteiger partial charge in [0.1, 0.15) is 0 Å². The number of nitrogens with zero attached hydrogens (tertiary/aromatic N) is 2. The molecule has 2 atom stereocenters. The van der Waals surface area contributed by atoms with Crippen LogP contribution >= 0.6 is 11.8 Å². The molecule has 1 saturated heterocycles. The van der Waals surface area contributed by atoms with Crippen molar-refractivity contribution in [2.24, 2.45) is 0 Å². The molecular weight excluding hydrogens is 364 g/mol. The molecule has 27 heavy (non-hydrogen) atoms. The predicted molar refractivity (Wildman–Crippen MR) is 107 cm³/mol. The van der Waals surface area contributed by atoms with Gasteiger partial charge in [-0.2, -0.15) is 0 Å². The fourth-order valence-electron chi connectivity index (χ4n) is 3.36. The molecular formula is C19H24N4O3S. The third kappa shape index (κ3) is 4.70. The molecule has 3 rings (SSSR count). The number of likely N-dealkylation sites (tertiary alicyclic amines) is 1. The highest BCUT2D eigenvalue weighted by molar-refractivity contribution is 7.98. The van der Waals surface area contributed by atoms with Gasteiger partial charge >= 0.3 is 5.69 Å². The Kier molecular flexibility index (Phi) is 6.18. The Morgan fingerprint density at radius 2 is 2.00 bits per heavy atom. The first kappa shape index (κ1) is 19.4. The second kappa shape index (κ2) is 8.58. The van der Waals surface area contributed by atoms with Crippen LogP contribution in [0.2, 0.25) is 0 Å². The molecule has 1 aromatic heterocycles. The maximum absolute atomic E-state index is 12.6. The van der Waals surface area contributed by atoms with Crippen molar-refractivity contribution in [3.8, 4) is 0 Å². The van der Waals surface area contributed by atoms with Crippen molar-refractivity contribution >= 4 is 23.4 Å². The van der Waals surface area contributed by atoms with Crippen molar-refractivity contribution in [3.63, 3.8) is 0 Å². The maximum atomic E-state index is 12.6. The number of hydrogen-bond acceptors (Lipinski definition) is 5. The Hall–Kier alpha value is -2.32. The van der Waals surface area contributed by atoms with Gasteiger partial charge in [-0.05, 0) is 56.8 Å². The van der Waals surface area contributed by atoms with Crippen molar-refractivity contribution in [1.82, 2.24) is 14.5 Å². The summed E-state index contributed by atoms with van der Waals surface area (Å²) in [5.74, 6) is -0.0682. The summed E-state index contributed by atoms with van der Waals surface area (Å²) < 4.78 is 1.55. The quantitative estimate of drug-likeness (QED) is 0.764. The molecule has 0 spiro atoms. The number of amides is 1. The molecule has 2 N–H and O–H groups in total. The number of anilines is 1. The molecule has 0 bridgehead atoms. The minimum atomic E-state index is -0.402. The van der Waals surface area contributed by atoms with E-state index in [1.807, 2.05) is 37.4 Å². The summed E-state index contributed by atoms with van der Waals surface area (Å²) >= 11 is 1.65. The van der Waals surface area contributed by atoms with Crippen molar-refractivity contribution < 1.29 is 4.79 Å². The molecule has 1 aromatic carbocycles. The van der Waals surface area contributed by atoms with Crippen LogP contribution in [0.25, 0.3) is 0 Å². The average molecular weight is 388 g/mol. The van der Waals surface area contributed by atoms with E-state index in [1.165, 1.54) is 12.3 Å². The lowest BCUT2D eigenvalue weighted by Gasteiger charge is -2.36. The number of carbonyl (C=O) groups is 1. The zero-order chi connectivity index (χ0) is 19.4. The van der Waals surface area contributed by atoms with E-state index in [-0.39, 0.29) is 18.0 Å². The highest BCUT2D eigenvalue weighted by atomic mass is 32.2. The average Bonchev–Trinajstić information content (AvgIpc) is 2.68. The summed E-state index contributed by atoms with van der Waals surface area (Å²) in [7, 11) is 0. The Balaban J connectivity index is 1.66. The molecule has 0 saturated carbocycles. The summed E-state index contributed by atoms with van der Waals surface area (Å²) in [5, 5.41) is 2.96. The summed E-state index contributed by atoms with van der Waals surface area (Å²) in [4.78, 5) is 41.5. The van der Waals surface area contributed by atoms with Crippen LogP contribution in [0.3, 0.4) is 0 Å². The van der Waals surface area contributed by atoms with Gasteiger partial charge in [0.2, 0.25) is 5.91 Å². The maximum Gasteiger partial charge on any atom is 0.328 e. The van der Waals surface area contributed by atoms with Gasteiger partial charge in [-0.15, -0.1) is 11.8 Å². The van der Waals surface area contributed by atoms with Gasteiger partial charge in [0.25, 0.3) is 5.56 Å². The van der Waals surface area contributed by atoms with E-state index in [9.17, 15) is 14.4 Å². The predicted octanol–water partition coefficient (Wildman–Crippen LogP) is 1.92. The van der Waals surface area contributed by atoms with Gasteiger partial charge in [-0.25, -0.2) is 4.79 Å². The number of piperidine rings is 1. The third-order valence-electron chi connectivity index (χ3n) is 4.96. The molecule has 144 valence electrons. The third-order valence-corrected chi connectivity index (χ3v) is 5.70. The van der Waals surface area contributed by atoms with Gasteiger partial charge in [-0.1, -0.05) is 0 Å². The van der Waals surface area contributed by atoms with Crippen molar-refractivity contribution in [2.45, 2.75) is 36.7 Å². The highest BCUT2D eigenvalue weighted by Gasteiger charge is 2.28. The molecule has 1 aliphatic heterocycles. The van der Waals surface area contributed by atoms with E-state index >= 15 is 0 Å². The van der Waals surface area contributed by atoms with Crippen molar-refractivity contribution in [1.29, 1.82) is 0 Å². The lowest BCUT2D eigenvalue weighted by atomic mass is 10.0. The van der Waals surface area contributed by atoms with Crippen LogP contribution in [0, 0.1) is 0 Å². The van der Waals surface area contributed by atoms with Crippen LogP contribution in [-0.4, -0.2) is 45.7 Å². The first-order valence-corrected chi connectivity index (χ1v) is 10.2. The molecule has 1 fully saturated rings. The van der Waals surface area contributed by atoms with Gasteiger partial charge in [0.15, 0.2) is 0 Å². The molecule has 2 heterocycles. The molecule has 1 aliphatic rings. The van der Waals surface area contributed by atoms with Crippen LogP contribution < -0.4 is 16.6 Å². The zero-order valence-corrected chi connectivity index (χ0v) is 16.3. The Labute approximate surface area is 161 Å². The normalized spacial score (nSPS) is 18.8. The van der Waals surface area contributed by atoms with Crippen LogP contribution in [-0.2, 0) is 4.79 Å². The second-order valence-corrected chi connectivity index (χ2v) is 7.58. The topological polar surface area (TPSA) is 87.2 Å². The molecule has 7 nitrogen and oxygen atoms in total. The van der Waals surface area contributed by atoms with E-state index in [0.29, 0.717) is 6.54 Å². The van der Waals surface area contributed by atoms with Crippen LogP contribution in [0.1, 0.15) is 25.8 Å². The number of aromatic amines is 1. The number of aromatic nitrogens is 2. The number of H-pyrrole nitrogens is 1. The fraction of sp³-hybridized carbons (Fsp3) is 0.421. The molecule has 0 aliphatic carbocycles. The number of rotatable bonds is 5. The van der Waals surface area contributed by atoms with Crippen LogP contribution in [0.4, 0.5) is 5.69 Å². The van der Waals surface area contributed by atoms with E-state index in [0.717, 1.165) is 30.0 Å². The van der Waals surface area contributed by atoms with Gasteiger partial charge in [0.05, 0.1) is 12.1 Å². The molecule has 8 heteroatoms. The smallest absolute Gasteiger partial charge is 0.325 e. The molecule has 2 unspecified atom stereocenters. The van der Waals surface area contributed by atoms with E-state index in [1.54, 1.807) is 16.3 Å². The number of hydrogen-bond donors (Lipinski definition) is 2. The first-order valence-electron chi connectivity index (χ1n) is 8.98. The Morgan fingerprint density at radius 3 is 2.67 bits per heavy atom. The highest BCUT2D eigenvalue weighted by Crippen LogP contribution is 2.22. The van der Waals surface area contributed by atoms with Crippen molar-refractivity contribution in [3.05, 3.63) is 57.4 Å². The summed E-state index contributed by atoms with van der Waals surface area (Å²) in [6, 6.07) is 8.74. The first-order chi connectivity index (χ1) is 13.0. The number of nitrogens with one attached hydrogen (secondary N) is 2. The monoisotopic (exact) mass is 388 g/mol. The number of benzene rings is 1. The summed E-state index contributed by atoms with van der Waals surface area (Å²) in [5.41, 5.74) is -0.0282. The van der Waals surface area contributed by atoms with E-state index in [2.05, 4.69) is 15.2 Å². The summed E-state index contributed by atoms with van der Waals surface area (Å²) in [6.45, 7) is 3.27. The van der Waals surface area contributed by atoms with Crippen LogP contribution in [0.15, 0.2) is 51.0 Å². The lowest BCUT2D eigenvalue weighted by Crippen LogP contribution is -2.48. The standard InChI is InChI=1S/C19H24N4O3S/c1-13(18(25)20-14-5-7-16(27-2)8-6-14)22-10-3-4-15(12-22)23-11-9-17(24)21-19(23)26/h5-9,11,13,15H,3-4,10,12H2,1-2H3,(H,20,25)(H,21,24,26). The number of thioether (sulfide) groups is 1. The Morgan fingerprint density at radius 1 is 1.26 bits per heavy atom. The van der Waals surface area contributed by atoms with Gasteiger partial charge in [0, 0.05) is 29.4 Å². The summed E-state index contributed by atoms with van der Waals surface area (Å²) in [6.07, 6.45) is 5.27. The molecule has 0 radical (unpaired) electrons. The second-order valence-electron chi connectivity index (χ2n) is 6.70. The minimum absolute atomic E-state index is 0.0563. The largest absolute Gasteiger partial charge is 0.328 e. The zero-order valence-electron chi connectivity index (χ0n) is 15.5. The van der Waals surface area contributed by atoms with Gasteiger partial charge in [-0.3, -0.25) is 24.0 Å². The van der Waals surface area contributed by atoms with E-state index < -0.39 is 11.2 Å². The Bertz CT molecular complexity index is 906. The SMILES string of the molecule is CSc1ccc(NC(=O)C(C)N2CCCC(n3ccc(=O)[nH]c3=O)C2)cc1. The van der Waals surface area contributed by atoms with Crippen molar-refractivity contribution in [2.75, 3.05) is 24.7 Å². The van der Waals surface area contributed by atoms with Gasteiger partial charge < -0.3 is 5.32 Å². The molecule has 2 aromatic rings. The molecule has 1 amide bonds.